The van der Waals surface area contributed by atoms with E-state index < -0.39 is 16.1 Å². The van der Waals surface area contributed by atoms with E-state index in [1.807, 2.05) is 49.3 Å². The standard InChI is InChI=1S/C25H32N4O4S/c1-6-28(7-2)34(32,33)20-12-13-23(27(4)5)22(16-20)26-25(31)17-24-21-11-9-8-10-19(21)14-15-29(24)18(3)30/h8-16,24H,6-7,17H2,1-5H3,(H,26,31). The summed E-state index contributed by atoms with van der Waals surface area (Å²) in [4.78, 5) is 28.9. The van der Waals surface area contributed by atoms with Gasteiger partial charge in [-0.25, -0.2) is 8.42 Å². The number of sulfonamides is 1. The van der Waals surface area contributed by atoms with Crippen molar-refractivity contribution >= 4 is 39.3 Å². The molecule has 2 aromatic rings. The molecule has 2 aromatic carbocycles. The van der Waals surface area contributed by atoms with E-state index in [4.69, 9.17) is 0 Å². The van der Waals surface area contributed by atoms with Gasteiger partial charge >= 0.3 is 0 Å². The van der Waals surface area contributed by atoms with Crippen LogP contribution in [0.25, 0.3) is 6.08 Å². The Labute approximate surface area is 201 Å². The number of hydrogen-bond acceptors (Lipinski definition) is 5. The van der Waals surface area contributed by atoms with Gasteiger partial charge in [0.05, 0.1) is 28.7 Å². The number of carbonyl (C=O) groups excluding carboxylic acids is 2. The molecule has 3 rings (SSSR count). The van der Waals surface area contributed by atoms with Crippen LogP contribution in [0, 0.1) is 0 Å². The van der Waals surface area contributed by atoms with E-state index in [1.165, 1.54) is 17.3 Å². The average molecular weight is 485 g/mol. The van der Waals surface area contributed by atoms with Crippen molar-refractivity contribution in [2.24, 2.45) is 0 Å². The molecule has 1 unspecified atom stereocenters. The highest BCUT2D eigenvalue weighted by atomic mass is 32.2. The summed E-state index contributed by atoms with van der Waals surface area (Å²) >= 11 is 0. The number of benzene rings is 2. The largest absolute Gasteiger partial charge is 0.376 e. The van der Waals surface area contributed by atoms with Gasteiger partial charge in [0.2, 0.25) is 21.8 Å². The van der Waals surface area contributed by atoms with Gasteiger partial charge in [0, 0.05) is 40.3 Å². The molecule has 1 aliphatic heterocycles. The number of nitrogens with one attached hydrogen (secondary N) is 1. The second-order valence-electron chi connectivity index (χ2n) is 8.30. The van der Waals surface area contributed by atoms with E-state index in [2.05, 4.69) is 5.32 Å². The summed E-state index contributed by atoms with van der Waals surface area (Å²) in [7, 11) is -0.0424. The van der Waals surface area contributed by atoms with E-state index >= 15 is 0 Å². The molecule has 0 saturated heterocycles. The van der Waals surface area contributed by atoms with Crippen LogP contribution in [-0.2, 0) is 19.6 Å². The minimum Gasteiger partial charge on any atom is -0.376 e. The molecule has 8 nitrogen and oxygen atoms in total. The molecule has 182 valence electrons. The number of rotatable bonds is 8. The normalized spacial score (nSPS) is 15.2. The fourth-order valence-corrected chi connectivity index (χ4v) is 5.65. The first-order valence-corrected chi connectivity index (χ1v) is 12.7. The van der Waals surface area contributed by atoms with Crippen molar-refractivity contribution in [1.82, 2.24) is 9.21 Å². The molecule has 2 amide bonds. The van der Waals surface area contributed by atoms with Crippen LogP contribution in [0.5, 0.6) is 0 Å². The highest BCUT2D eigenvalue weighted by Gasteiger charge is 2.29. The van der Waals surface area contributed by atoms with Crippen LogP contribution in [-0.4, -0.2) is 56.6 Å². The molecular formula is C25H32N4O4S. The molecular weight excluding hydrogens is 452 g/mol. The highest BCUT2D eigenvalue weighted by molar-refractivity contribution is 7.89. The zero-order valence-corrected chi connectivity index (χ0v) is 21.1. The van der Waals surface area contributed by atoms with Gasteiger partial charge in [0.1, 0.15) is 0 Å². The molecule has 1 atom stereocenters. The Morgan fingerprint density at radius 1 is 1.06 bits per heavy atom. The zero-order chi connectivity index (χ0) is 25.0. The van der Waals surface area contributed by atoms with Crippen LogP contribution in [0.2, 0.25) is 0 Å². The van der Waals surface area contributed by atoms with Gasteiger partial charge in [0.25, 0.3) is 0 Å². The first kappa shape index (κ1) is 25.5. The molecule has 0 aliphatic carbocycles. The van der Waals surface area contributed by atoms with Gasteiger partial charge in [-0.3, -0.25) is 9.59 Å². The Morgan fingerprint density at radius 3 is 2.35 bits per heavy atom. The molecule has 0 spiro atoms. The van der Waals surface area contributed by atoms with Gasteiger partial charge in [-0.1, -0.05) is 38.1 Å². The number of carbonyl (C=O) groups is 2. The molecule has 1 N–H and O–H groups in total. The van der Waals surface area contributed by atoms with Gasteiger partial charge in [0.15, 0.2) is 0 Å². The molecule has 1 aliphatic rings. The van der Waals surface area contributed by atoms with E-state index in [-0.39, 0.29) is 23.1 Å². The smallest absolute Gasteiger partial charge is 0.243 e. The Morgan fingerprint density at radius 2 is 1.74 bits per heavy atom. The molecule has 1 heterocycles. The van der Waals surface area contributed by atoms with Crippen molar-refractivity contribution in [3.63, 3.8) is 0 Å². The van der Waals surface area contributed by atoms with Gasteiger partial charge < -0.3 is 15.1 Å². The maximum atomic E-state index is 13.2. The monoisotopic (exact) mass is 484 g/mol. The third-order valence-electron chi connectivity index (χ3n) is 5.91. The fourth-order valence-electron chi connectivity index (χ4n) is 4.17. The molecule has 9 heteroatoms. The van der Waals surface area contributed by atoms with Crippen molar-refractivity contribution in [2.75, 3.05) is 37.4 Å². The summed E-state index contributed by atoms with van der Waals surface area (Å²) < 4.78 is 27.4. The van der Waals surface area contributed by atoms with Crippen LogP contribution in [0.15, 0.2) is 53.6 Å². The van der Waals surface area contributed by atoms with Crippen LogP contribution >= 0.6 is 0 Å². The summed E-state index contributed by atoms with van der Waals surface area (Å²) in [6, 6.07) is 11.9. The number of anilines is 2. The molecule has 34 heavy (non-hydrogen) atoms. The lowest BCUT2D eigenvalue weighted by Crippen LogP contribution is -2.33. The highest BCUT2D eigenvalue weighted by Crippen LogP contribution is 2.34. The zero-order valence-electron chi connectivity index (χ0n) is 20.3. The summed E-state index contributed by atoms with van der Waals surface area (Å²) in [5, 5.41) is 2.89. The average Bonchev–Trinajstić information content (AvgIpc) is 2.79. The summed E-state index contributed by atoms with van der Waals surface area (Å²) in [5.41, 5.74) is 2.93. The van der Waals surface area contributed by atoms with Crippen LogP contribution in [0.3, 0.4) is 0 Å². The van der Waals surface area contributed by atoms with E-state index in [9.17, 15) is 18.0 Å². The van der Waals surface area contributed by atoms with Crippen LogP contribution in [0.4, 0.5) is 11.4 Å². The first-order valence-electron chi connectivity index (χ1n) is 11.3. The summed E-state index contributed by atoms with van der Waals surface area (Å²) in [6.07, 6.45) is 3.59. The Hall–Kier alpha value is -3.17. The van der Waals surface area contributed by atoms with Crippen LogP contribution in [0.1, 0.15) is 44.4 Å². The minimum atomic E-state index is -3.69. The predicted molar refractivity (Wildman–Crippen MR) is 135 cm³/mol. The SMILES string of the molecule is CCN(CC)S(=O)(=O)c1ccc(N(C)C)c(NC(=O)CC2c3ccccc3C=CN2C(C)=O)c1. The fraction of sp³-hybridized carbons (Fsp3) is 0.360. The van der Waals surface area contributed by atoms with Crippen molar-refractivity contribution in [3.8, 4) is 0 Å². The molecule has 0 aromatic heterocycles. The lowest BCUT2D eigenvalue weighted by Gasteiger charge is -2.32. The van der Waals surface area contributed by atoms with E-state index in [0.717, 1.165) is 11.1 Å². The summed E-state index contributed by atoms with van der Waals surface area (Å²) in [5.74, 6) is -0.480. The van der Waals surface area contributed by atoms with E-state index in [0.29, 0.717) is 24.5 Å². The number of nitrogens with zero attached hydrogens (tertiary/aromatic N) is 3. The third kappa shape index (κ3) is 5.15. The van der Waals surface area contributed by atoms with Gasteiger partial charge in [-0.2, -0.15) is 4.31 Å². The third-order valence-corrected chi connectivity index (χ3v) is 7.96. The van der Waals surface area contributed by atoms with Gasteiger partial charge in [-0.05, 0) is 35.4 Å². The maximum absolute atomic E-state index is 13.2. The van der Waals surface area contributed by atoms with E-state index in [1.54, 1.807) is 37.1 Å². The molecule has 0 saturated carbocycles. The molecule has 0 fully saturated rings. The van der Waals surface area contributed by atoms with Crippen molar-refractivity contribution in [2.45, 2.75) is 38.1 Å². The lowest BCUT2D eigenvalue weighted by molar-refractivity contribution is -0.129. The first-order chi connectivity index (χ1) is 16.1. The van der Waals surface area contributed by atoms with Gasteiger partial charge in [-0.15, -0.1) is 0 Å². The van der Waals surface area contributed by atoms with Crippen molar-refractivity contribution in [1.29, 1.82) is 0 Å². The predicted octanol–water partition coefficient (Wildman–Crippen LogP) is 3.69. The lowest BCUT2D eigenvalue weighted by atomic mass is 9.93. The maximum Gasteiger partial charge on any atom is 0.243 e. The Bertz CT molecular complexity index is 1200. The second-order valence-corrected chi connectivity index (χ2v) is 10.2. The molecule has 0 radical (unpaired) electrons. The molecule has 0 bridgehead atoms. The topological polar surface area (TPSA) is 90.0 Å². The number of amides is 2. The Kier molecular flexibility index (Phi) is 7.78. The second kappa shape index (κ2) is 10.4. The Balaban J connectivity index is 1.93. The van der Waals surface area contributed by atoms with Crippen molar-refractivity contribution in [3.05, 3.63) is 59.8 Å². The number of hydrogen-bond donors (Lipinski definition) is 1. The van der Waals surface area contributed by atoms with Crippen molar-refractivity contribution < 1.29 is 18.0 Å². The summed E-state index contributed by atoms with van der Waals surface area (Å²) in [6.45, 7) is 5.75. The number of fused-ring (bicyclic) bond motifs is 1. The minimum absolute atomic E-state index is 0.0286. The quantitative estimate of drug-likeness (QED) is 0.617. The van der Waals surface area contributed by atoms with Crippen LogP contribution < -0.4 is 10.2 Å².